The van der Waals surface area contributed by atoms with Gasteiger partial charge in [0.15, 0.2) is 0 Å². The first-order valence-electron chi connectivity index (χ1n) is 11.4. The summed E-state index contributed by atoms with van der Waals surface area (Å²) in [7, 11) is -3.59. The third-order valence-corrected chi connectivity index (χ3v) is 8.52. The molecule has 1 heterocycles. The van der Waals surface area contributed by atoms with Crippen LogP contribution >= 0.6 is 0 Å². The fraction of sp³-hybridized carbons (Fsp3) is 0.480. The van der Waals surface area contributed by atoms with Crippen molar-refractivity contribution in [3.8, 4) is 0 Å². The van der Waals surface area contributed by atoms with Crippen LogP contribution in [0, 0.1) is 6.92 Å². The van der Waals surface area contributed by atoms with Gasteiger partial charge >= 0.3 is 0 Å². The summed E-state index contributed by atoms with van der Waals surface area (Å²) in [6.07, 6.45) is 7.32. The third kappa shape index (κ3) is 4.70. The van der Waals surface area contributed by atoms with Crippen molar-refractivity contribution >= 4 is 15.9 Å². The predicted molar refractivity (Wildman–Crippen MR) is 123 cm³/mol. The lowest BCUT2D eigenvalue weighted by molar-refractivity contribution is 0.0939. The highest BCUT2D eigenvalue weighted by atomic mass is 32.2. The van der Waals surface area contributed by atoms with Crippen molar-refractivity contribution in [1.29, 1.82) is 0 Å². The van der Waals surface area contributed by atoms with E-state index in [9.17, 15) is 13.2 Å². The van der Waals surface area contributed by atoms with Gasteiger partial charge in [-0.25, -0.2) is 8.42 Å². The number of amides is 1. The highest BCUT2D eigenvalue weighted by molar-refractivity contribution is 7.89. The van der Waals surface area contributed by atoms with Crippen LogP contribution in [0.1, 0.15) is 77.7 Å². The van der Waals surface area contributed by atoms with Crippen molar-refractivity contribution in [2.24, 2.45) is 0 Å². The van der Waals surface area contributed by atoms with Gasteiger partial charge in [-0.15, -0.1) is 0 Å². The third-order valence-electron chi connectivity index (χ3n) is 6.63. The average molecular weight is 441 g/mol. The molecular formula is C25H32N2O3S. The number of nitrogens with zero attached hydrogens (tertiary/aromatic N) is 1. The normalized spacial score (nSPS) is 18.3. The molecule has 5 nitrogen and oxygen atoms in total. The quantitative estimate of drug-likeness (QED) is 0.742. The molecule has 4 rings (SSSR count). The molecule has 1 N–H and O–H groups in total. The lowest BCUT2D eigenvalue weighted by Gasteiger charge is -2.21. The minimum absolute atomic E-state index is 0.149. The van der Waals surface area contributed by atoms with E-state index in [4.69, 9.17) is 0 Å². The van der Waals surface area contributed by atoms with Gasteiger partial charge in [-0.05, 0) is 80.3 Å². The first-order valence-corrected chi connectivity index (χ1v) is 12.8. The zero-order valence-corrected chi connectivity index (χ0v) is 19.3. The predicted octanol–water partition coefficient (Wildman–Crippen LogP) is 4.54. The van der Waals surface area contributed by atoms with Gasteiger partial charge in [0.05, 0.1) is 10.9 Å². The molecule has 1 atom stereocenters. The summed E-state index contributed by atoms with van der Waals surface area (Å²) in [4.78, 5) is 13.3. The molecule has 0 radical (unpaired) electrons. The second-order valence-electron chi connectivity index (χ2n) is 8.87. The summed E-state index contributed by atoms with van der Waals surface area (Å²) >= 11 is 0. The molecule has 1 amide bonds. The molecule has 0 spiro atoms. The second-order valence-corrected chi connectivity index (χ2v) is 10.8. The van der Waals surface area contributed by atoms with E-state index < -0.39 is 10.0 Å². The fourth-order valence-electron chi connectivity index (χ4n) is 4.66. The largest absolute Gasteiger partial charge is 0.346 e. The number of hydrogen-bond acceptors (Lipinski definition) is 3. The standard InChI is InChI=1S/C25H32N2O3S/c1-18-10-13-23(31(29,30)27-14-5-3-4-6-15-27)17-24(18)25(28)26-19(2)21-12-11-20-8-7-9-22(20)16-21/h10-13,16-17,19H,3-9,14-15H2,1-2H3,(H,26,28)/t19-/m1/s1. The zero-order chi connectivity index (χ0) is 22.0. The van der Waals surface area contributed by atoms with E-state index in [-0.39, 0.29) is 16.8 Å². The molecule has 0 unspecified atom stereocenters. The van der Waals surface area contributed by atoms with E-state index in [0.29, 0.717) is 18.7 Å². The highest BCUT2D eigenvalue weighted by Crippen LogP contribution is 2.26. The molecule has 2 aromatic rings. The van der Waals surface area contributed by atoms with Crippen molar-refractivity contribution in [3.05, 3.63) is 64.2 Å². The lowest BCUT2D eigenvalue weighted by Crippen LogP contribution is -2.32. The van der Waals surface area contributed by atoms with Crippen LogP contribution in [0.3, 0.4) is 0 Å². The van der Waals surface area contributed by atoms with Gasteiger partial charge in [-0.1, -0.05) is 37.1 Å². The maximum atomic E-state index is 13.2. The van der Waals surface area contributed by atoms with Gasteiger partial charge in [-0.2, -0.15) is 4.31 Å². The minimum Gasteiger partial charge on any atom is -0.346 e. The number of sulfonamides is 1. The molecule has 1 fully saturated rings. The number of rotatable bonds is 5. The fourth-order valence-corrected chi connectivity index (χ4v) is 6.20. The SMILES string of the molecule is Cc1ccc(S(=O)(=O)N2CCCCCC2)cc1C(=O)N[C@H](C)c1ccc2c(c1)CCC2. The Labute approximate surface area is 185 Å². The summed E-state index contributed by atoms with van der Waals surface area (Å²) in [6.45, 7) is 4.92. The summed E-state index contributed by atoms with van der Waals surface area (Å²) in [5.74, 6) is -0.238. The lowest BCUT2D eigenvalue weighted by atomic mass is 10.0. The molecule has 166 valence electrons. The summed E-state index contributed by atoms with van der Waals surface area (Å²) < 4.78 is 27.9. The van der Waals surface area contributed by atoms with Gasteiger partial charge in [0.25, 0.3) is 5.91 Å². The Kier molecular flexibility index (Phi) is 6.49. The highest BCUT2D eigenvalue weighted by Gasteiger charge is 2.26. The Morgan fingerprint density at radius 2 is 1.65 bits per heavy atom. The van der Waals surface area contributed by atoms with Crippen LogP contribution in [0.25, 0.3) is 0 Å². The van der Waals surface area contributed by atoms with Gasteiger partial charge in [-0.3, -0.25) is 4.79 Å². The van der Waals surface area contributed by atoms with Gasteiger partial charge < -0.3 is 5.32 Å². The van der Waals surface area contributed by atoms with Crippen LogP contribution in [0.4, 0.5) is 0 Å². The summed E-state index contributed by atoms with van der Waals surface area (Å²) in [6, 6.07) is 11.2. The Balaban J connectivity index is 1.54. The second kappa shape index (κ2) is 9.13. The molecular weight excluding hydrogens is 408 g/mol. The number of carbonyl (C=O) groups is 1. The van der Waals surface area contributed by atoms with Gasteiger partial charge in [0.2, 0.25) is 10.0 Å². The Hall–Kier alpha value is -2.18. The zero-order valence-electron chi connectivity index (χ0n) is 18.5. The summed E-state index contributed by atoms with van der Waals surface area (Å²) in [5, 5.41) is 3.07. The summed E-state index contributed by atoms with van der Waals surface area (Å²) in [5.41, 5.74) is 5.06. The van der Waals surface area contributed by atoms with Crippen molar-refractivity contribution in [2.75, 3.05) is 13.1 Å². The first kappa shape index (κ1) is 22.0. The van der Waals surface area contributed by atoms with Crippen molar-refractivity contribution < 1.29 is 13.2 Å². The number of carbonyl (C=O) groups excluding carboxylic acids is 1. The van der Waals surface area contributed by atoms with Crippen LogP contribution in [0.5, 0.6) is 0 Å². The maximum Gasteiger partial charge on any atom is 0.252 e. The van der Waals surface area contributed by atoms with Crippen LogP contribution in [0.2, 0.25) is 0 Å². The first-order chi connectivity index (χ1) is 14.9. The molecule has 0 bridgehead atoms. The van der Waals surface area contributed by atoms with Crippen molar-refractivity contribution in [2.45, 2.75) is 69.7 Å². The smallest absolute Gasteiger partial charge is 0.252 e. The molecule has 31 heavy (non-hydrogen) atoms. The van der Waals surface area contributed by atoms with Crippen LogP contribution in [-0.2, 0) is 22.9 Å². The molecule has 1 aliphatic carbocycles. The molecule has 0 aromatic heterocycles. The minimum atomic E-state index is -3.59. The number of benzene rings is 2. The number of nitrogens with one attached hydrogen (secondary N) is 1. The van der Waals surface area contributed by atoms with Gasteiger partial charge in [0, 0.05) is 18.7 Å². The van der Waals surface area contributed by atoms with Crippen LogP contribution < -0.4 is 5.32 Å². The Bertz CT molecular complexity index is 1070. The van der Waals surface area contributed by atoms with E-state index in [1.807, 2.05) is 13.8 Å². The van der Waals surface area contributed by atoms with Gasteiger partial charge in [0.1, 0.15) is 0 Å². The van der Waals surface area contributed by atoms with E-state index in [0.717, 1.165) is 49.7 Å². The molecule has 6 heteroatoms. The van der Waals surface area contributed by atoms with Crippen molar-refractivity contribution in [3.63, 3.8) is 0 Å². The van der Waals surface area contributed by atoms with E-state index >= 15 is 0 Å². The Morgan fingerprint density at radius 3 is 2.39 bits per heavy atom. The van der Waals surface area contributed by atoms with Crippen molar-refractivity contribution in [1.82, 2.24) is 9.62 Å². The molecule has 1 aliphatic heterocycles. The van der Waals surface area contributed by atoms with E-state index in [1.165, 1.54) is 17.5 Å². The number of aryl methyl sites for hydroxylation is 3. The number of fused-ring (bicyclic) bond motifs is 1. The molecule has 1 saturated heterocycles. The molecule has 0 saturated carbocycles. The Morgan fingerprint density at radius 1 is 0.935 bits per heavy atom. The molecule has 2 aromatic carbocycles. The van der Waals surface area contributed by atoms with E-state index in [1.54, 1.807) is 22.5 Å². The topological polar surface area (TPSA) is 66.5 Å². The van der Waals surface area contributed by atoms with E-state index in [2.05, 4.69) is 23.5 Å². The maximum absolute atomic E-state index is 13.2. The van der Waals surface area contributed by atoms with Crippen LogP contribution in [-0.4, -0.2) is 31.7 Å². The average Bonchev–Trinajstić information content (AvgIpc) is 3.04. The van der Waals surface area contributed by atoms with Crippen LogP contribution in [0.15, 0.2) is 41.3 Å². The molecule has 2 aliphatic rings. The monoisotopic (exact) mass is 440 g/mol. The number of hydrogen-bond donors (Lipinski definition) is 1.